The van der Waals surface area contributed by atoms with E-state index in [1.54, 1.807) is 24.5 Å². The van der Waals surface area contributed by atoms with Crippen LogP contribution in [-0.4, -0.2) is 52.8 Å². The fourth-order valence-electron chi connectivity index (χ4n) is 4.10. The lowest BCUT2D eigenvalue weighted by atomic mass is 9.73. The van der Waals surface area contributed by atoms with Crippen molar-refractivity contribution >= 4 is 17.3 Å². The molecule has 8 heteroatoms. The second kappa shape index (κ2) is 8.74. The Labute approximate surface area is 170 Å². The largest absolute Gasteiger partial charge is 0.382 e. The average molecular weight is 412 g/mol. The Hall–Kier alpha value is -1.73. The molecule has 2 aromatic heterocycles. The van der Waals surface area contributed by atoms with Crippen molar-refractivity contribution < 1.29 is 8.78 Å². The van der Waals surface area contributed by atoms with Crippen LogP contribution in [0.5, 0.6) is 0 Å². The molecule has 5 nitrogen and oxygen atoms in total. The molecule has 0 amide bonds. The molecule has 0 bridgehead atoms. The second-order valence-corrected chi connectivity index (χ2v) is 8.72. The molecular weight excluding hydrogens is 384 g/mol. The first-order valence-electron chi connectivity index (χ1n) is 9.63. The van der Waals surface area contributed by atoms with Gasteiger partial charge in [-0.3, -0.25) is 4.68 Å². The highest BCUT2D eigenvalue weighted by Gasteiger charge is 2.31. The quantitative estimate of drug-likeness (QED) is 0.665. The molecule has 1 saturated carbocycles. The normalized spacial score (nSPS) is 22.8. The Morgan fingerprint density at radius 1 is 1.36 bits per heavy atom. The number of nitrogens with one attached hydrogen (secondary N) is 1. The minimum Gasteiger partial charge on any atom is -0.382 e. The SMILES string of the molecule is CN(C)CC1(C)CCC(Nc2cc(Cl)ncc2-c2ccn(CC(F)F)n2)CC1. The number of nitrogens with zero attached hydrogens (tertiary/aromatic N) is 4. The summed E-state index contributed by atoms with van der Waals surface area (Å²) in [6, 6.07) is 3.86. The van der Waals surface area contributed by atoms with E-state index in [2.05, 4.69) is 41.3 Å². The van der Waals surface area contributed by atoms with Crippen LogP contribution in [0.4, 0.5) is 14.5 Å². The number of hydrogen-bond donors (Lipinski definition) is 1. The molecule has 2 aromatic rings. The van der Waals surface area contributed by atoms with E-state index in [4.69, 9.17) is 11.6 Å². The average Bonchev–Trinajstić information content (AvgIpc) is 3.04. The van der Waals surface area contributed by atoms with E-state index in [9.17, 15) is 8.78 Å². The van der Waals surface area contributed by atoms with E-state index >= 15 is 0 Å². The summed E-state index contributed by atoms with van der Waals surface area (Å²) in [7, 11) is 4.24. The number of aromatic nitrogens is 3. The Balaban J connectivity index is 1.73. The second-order valence-electron chi connectivity index (χ2n) is 8.33. The molecule has 1 fully saturated rings. The molecule has 0 aliphatic heterocycles. The van der Waals surface area contributed by atoms with Crippen LogP contribution in [0.25, 0.3) is 11.3 Å². The van der Waals surface area contributed by atoms with Gasteiger partial charge < -0.3 is 10.2 Å². The van der Waals surface area contributed by atoms with Gasteiger partial charge in [-0.2, -0.15) is 5.10 Å². The van der Waals surface area contributed by atoms with Crippen LogP contribution in [0.1, 0.15) is 32.6 Å². The van der Waals surface area contributed by atoms with Crippen molar-refractivity contribution in [3.63, 3.8) is 0 Å². The minimum absolute atomic E-state index is 0.342. The number of halogens is 3. The smallest absolute Gasteiger partial charge is 0.257 e. The molecule has 1 aliphatic rings. The fraction of sp³-hybridized carbons (Fsp3) is 0.600. The molecule has 0 radical (unpaired) electrons. The summed E-state index contributed by atoms with van der Waals surface area (Å²) in [6.07, 6.45) is 5.23. The van der Waals surface area contributed by atoms with E-state index in [0.717, 1.165) is 43.5 Å². The standard InChI is InChI=1S/C20H28ClF2N5/c1-20(13-27(2)3)7-4-14(5-8-20)25-17-10-18(21)24-11-15(17)16-6-9-28(26-16)12-19(22)23/h6,9-11,14,19H,4-5,7-8,12-13H2,1-3H3,(H,24,25). The summed E-state index contributed by atoms with van der Waals surface area (Å²) in [5, 5.41) is 8.26. The summed E-state index contributed by atoms with van der Waals surface area (Å²) >= 11 is 6.12. The van der Waals surface area contributed by atoms with Crippen molar-refractivity contribution in [2.24, 2.45) is 5.41 Å². The van der Waals surface area contributed by atoms with Gasteiger partial charge in [-0.1, -0.05) is 18.5 Å². The van der Waals surface area contributed by atoms with Crippen LogP contribution in [0.2, 0.25) is 5.15 Å². The summed E-state index contributed by atoms with van der Waals surface area (Å²) in [5.74, 6) is 0. The van der Waals surface area contributed by atoms with Crippen molar-refractivity contribution in [3.05, 3.63) is 29.7 Å². The van der Waals surface area contributed by atoms with Crippen molar-refractivity contribution in [2.75, 3.05) is 26.0 Å². The first-order valence-corrected chi connectivity index (χ1v) is 10.0. The lowest BCUT2D eigenvalue weighted by Gasteiger charge is -2.39. The lowest BCUT2D eigenvalue weighted by molar-refractivity contribution is 0.122. The molecule has 0 unspecified atom stereocenters. The number of pyridine rings is 1. The van der Waals surface area contributed by atoms with Crippen LogP contribution in [0, 0.1) is 5.41 Å². The Morgan fingerprint density at radius 2 is 2.07 bits per heavy atom. The molecule has 0 atom stereocenters. The lowest BCUT2D eigenvalue weighted by Crippen LogP contribution is -2.38. The van der Waals surface area contributed by atoms with Crippen molar-refractivity contribution in [1.82, 2.24) is 19.7 Å². The molecule has 3 rings (SSSR count). The van der Waals surface area contributed by atoms with Crippen molar-refractivity contribution in [2.45, 2.75) is 51.6 Å². The van der Waals surface area contributed by atoms with Gasteiger partial charge in [0.2, 0.25) is 0 Å². The highest BCUT2D eigenvalue weighted by Crippen LogP contribution is 2.38. The van der Waals surface area contributed by atoms with Crippen LogP contribution in [-0.2, 0) is 6.54 Å². The maximum atomic E-state index is 12.6. The van der Waals surface area contributed by atoms with Gasteiger partial charge in [0.15, 0.2) is 0 Å². The van der Waals surface area contributed by atoms with E-state index in [-0.39, 0.29) is 0 Å². The topological polar surface area (TPSA) is 46.0 Å². The van der Waals surface area contributed by atoms with Crippen LogP contribution in [0.3, 0.4) is 0 Å². The Kier molecular flexibility index (Phi) is 6.55. The first kappa shape index (κ1) is 21.0. The molecule has 0 spiro atoms. The molecule has 0 saturated heterocycles. The first-order chi connectivity index (χ1) is 13.2. The van der Waals surface area contributed by atoms with Crippen LogP contribution >= 0.6 is 11.6 Å². The fourth-order valence-corrected chi connectivity index (χ4v) is 4.26. The summed E-state index contributed by atoms with van der Waals surface area (Å²) in [4.78, 5) is 6.41. The Morgan fingerprint density at radius 3 is 2.71 bits per heavy atom. The van der Waals surface area contributed by atoms with Crippen LogP contribution in [0.15, 0.2) is 24.5 Å². The van der Waals surface area contributed by atoms with Gasteiger partial charge in [0.1, 0.15) is 11.7 Å². The molecule has 0 aromatic carbocycles. The molecule has 1 aliphatic carbocycles. The molecule has 1 N–H and O–H groups in total. The van der Waals surface area contributed by atoms with E-state index in [1.165, 1.54) is 4.68 Å². The summed E-state index contributed by atoms with van der Waals surface area (Å²) in [5.41, 5.74) is 2.58. The zero-order valence-electron chi connectivity index (χ0n) is 16.6. The number of hydrogen-bond acceptors (Lipinski definition) is 4. The highest BCUT2D eigenvalue weighted by molar-refractivity contribution is 6.29. The predicted molar refractivity (Wildman–Crippen MR) is 109 cm³/mol. The highest BCUT2D eigenvalue weighted by atomic mass is 35.5. The number of anilines is 1. The molecule has 2 heterocycles. The molecule has 28 heavy (non-hydrogen) atoms. The van der Waals surface area contributed by atoms with E-state index in [1.807, 2.05) is 0 Å². The van der Waals surface area contributed by atoms with Crippen molar-refractivity contribution in [1.29, 1.82) is 0 Å². The van der Waals surface area contributed by atoms with Gasteiger partial charge in [0.25, 0.3) is 6.43 Å². The Bertz CT molecular complexity index is 785. The molecular formula is C20H28ClF2N5. The van der Waals surface area contributed by atoms with Crippen molar-refractivity contribution in [3.8, 4) is 11.3 Å². The number of rotatable bonds is 7. The number of alkyl halides is 2. The minimum atomic E-state index is -2.44. The van der Waals surface area contributed by atoms with E-state index in [0.29, 0.717) is 22.3 Å². The third-order valence-corrected chi connectivity index (χ3v) is 5.57. The predicted octanol–water partition coefficient (Wildman–Crippen LogP) is 4.79. The van der Waals surface area contributed by atoms with Gasteiger partial charge in [0.05, 0.1) is 5.69 Å². The van der Waals surface area contributed by atoms with Gasteiger partial charge >= 0.3 is 0 Å². The zero-order valence-corrected chi connectivity index (χ0v) is 17.4. The third-order valence-electron chi connectivity index (χ3n) is 5.36. The summed E-state index contributed by atoms with van der Waals surface area (Å²) < 4.78 is 26.5. The van der Waals surface area contributed by atoms with Crippen LogP contribution < -0.4 is 5.32 Å². The van der Waals surface area contributed by atoms with Gasteiger partial charge in [0, 0.05) is 36.2 Å². The van der Waals surface area contributed by atoms with Gasteiger partial charge in [-0.05, 0) is 57.3 Å². The maximum absolute atomic E-state index is 12.6. The monoisotopic (exact) mass is 411 g/mol. The third kappa shape index (κ3) is 5.41. The molecule has 154 valence electrons. The maximum Gasteiger partial charge on any atom is 0.257 e. The summed E-state index contributed by atoms with van der Waals surface area (Å²) in [6.45, 7) is 3.03. The van der Waals surface area contributed by atoms with Gasteiger partial charge in [-0.15, -0.1) is 0 Å². The zero-order chi connectivity index (χ0) is 20.3. The van der Waals surface area contributed by atoms with Gasteiger partial charge in [-0.25, -0.2) is 13.8 Å². The van der Waals surface area contributed by atoms with E-state index < -0.39 is 13.0 Å².